The Morgan fingerprint density at radius 2 is 0.820 bits per heavy atom. The molecule has 2 aromatic heterocycles. The fourth-order valence-corrected chi connectivity index (χ4v) is 11.7. The van der Waals surface area contributed by atoms with Crippen LogP contribution in [-0.2, 0) is 0 Å². The van der Waals surface area contributed by atoms with Crippen molar-refractivity contribution in [3.63, 3.8) is 0 Å². The van der Waals surface area contributed by atoms with E-state index in [0.717, 1.165) is 27.8 Å². The van der Waals surface area contributed by atoms with Gasteiger partial charge in [-0.3, -0.25) is 0 Å². The van der Waals surface area contributed by atoms with Crippen molar-refractivity contribution in [3.8, 4) is 28.5 Å². The van der Waals surface area contributed by atoms with E-state index in [2.05, 4.69) is 162 Å². The summed E-state index contributed by atoms with van der Waals surface area (Å²) >= 11 is 0. The summed E-state index contributed by atoms with van der Waals surface area (Å²) in [7, 11) is -3.17. The van der Waals surface area contributed by atoms with Gasteiger partial charge in [0.05, 0.1) is 11.0 Å². The van der Waals surface area contributed by atoms with Crippen molar-refractivity contribution in [2.75, 3.05) is 0 Å². The van der Waals surface area contributed by atoms with E-state index >= 15 is 0 Å². The Kier molecular flexibility index (Phi) is 7.45. The number of para-hydroxylation sites is 2. The Morgan fingerprint density at radius 1 is 0.360 bits per heavy atom. The minimum absolute atomic E-state index is 0.667. The van der Waals surface area contributed by atoms with Gasteiger partial charge in [0.25, 0.3) is 0 Å². The quantitative estimate of drug-likeness (QED) is 0.131. The van der Waals surface area contributed by atoms with Crippen LogP contribution < -0.4 is 21.0 Å². The molecule has 50 heavy (non-hydrogen) atoms. The van der Waals surface area contributed by atoms with Gasteiger partial charge >= 0.3 is 0 Å². The molecule has 0 radical (unpaired) electrons. The van der Waals surface area contributed by atoms with Crippen molar-refractivity contribution in [1.29, 1.82) is 0 Å². The third-order valence-corrected chi connectivity index (χ3v) is 14.0. The molecular weight excluding hydrogens is 625 g/mol. The average Bonchev–Trinajstić information content (AvgIpc) is 3.54. The molecular formula is C45H32N4Si. The summed E-state index contributed by atoms with van der Waals surface area (Å²) in [6, 6.07) is 68.6. The molecule has 0 saturated heterocycles. The lowest BCUT2D eigenvalue weighted by Crippen LogP contribution is -2.76. The van der Waals surface area contributed by atoms with Crippen molar-refractivity contribution in [3.05, 3.63) is 194 Å². The van der Waals surface area contributed by atoms with E-state index in [1.807, 2.05) is 36.4 Å². The number of aromatic nitrogens is 4. The first-order valence-electron chi connectivity index (χ1n) is 16.9. The molecule has 0 aliphatic heterocycles. The number of hydrogen-bond donors (Lipinski definition) is 0. The van der Waals surface area contributed by atoms with Crippen molar-refractivity contribution >= 4 is 50.9 Å². The van der Waals surface area contributed by atoms with Crippen molar-refractivity contribution in [1.82, 2.24) is 19.5 Å². The van der Waals surface area contributed by atoms with E-state index < -0.39 is 8.07 Å². The third kappa shape index (κ3) is 4.95. The summed E-state index contributed by atoms with van der Waals surface area (Å²) in [4.78, 5) is 16.0. The SMILES string of the molecule is c1ccc(-c2nc(-c3ccccc3)nc([Si](c3ccccc3)(c3ccccc3)c3ccc4c(c3)c3ccccc3n4-c3ccccc3)n2)cc1. The maximum atomic E-state index is 5.46. The maximum Gasteiger partial charge on any atom is 0.226 e. The van der Waals surface area contributed by atoms with E-state index in [1.165, 1.54) is 31.8 Å². The Labute approximate surface area is 292 Å². The maximum absolute atomic E-state index is 5.46. The topological polar surface area (TPSA) is 43.6 Å². The molecule has 0 bridgehead atoms. The molecule has 0 aliphatic rings. The first-order valence-corrected chi connectivity index (χ1v) is 18.9. The van der Waals surface area contributed by atoms with Crippen LogP contribution in [0.3, 0.4) is 0 Å². The Bertz CT molecular complexity index is 2470. The monoisotopic (exact) mass is 656 g/mol. The first kappa shape index (κ1) is 29.7. The average molecular weight is 657 g/mol. The molecule has 9 aromatic rings. The highest BCUT2D eigenvalue weighted by atomic mass is 28.3. The lowest BCUT2D eigenvalue weighted by molar-refractivity contribution is 1.10. The number of rotatable bonds is 7. The number of nitrogens with zero attached hydrogens (tertiary/aromatic N) is 4. The zero-order valence-corrected chi connectivity index (χ0v) is 28.3. The van der Waals surface area contributed by atoms with Crippen LogP contribution in [0.25, 0.3) is 50.3 Å². The van der Waals surface area contributed by atoms with E-state index in [0.29, 0.717) is 11.6 Å². The fourth-order valence-electron chi connectivity index (χ4n) is 7.30. The van der Waals surface area contributed by atoms with Gasteiger partial charge in [-0.05, 0) is 39.8 Å². The Balaban J connectivity index is 1.41. The third-order valence-electron chi connectivity index (χ3n) is 9.57. The molecule has 0 fully saturated rings. The molecule has 9 rings (SSSR count). The van der Waals surface area contributed by atoms with E-state index in [1.54, 1.807) is 0 Å². The van der Waals surface area contributed by atoms with Gasteiger partial charge in [0.1, 0.15) is 5.45 Å². The highest BCUT2D eigenvalue weighted by Crippen LogP contribution is 2.32. The van der Waals surface area contributed by atoms with Gasteiger partial charge < -0.3 is 4.57 Å². The largest absolute Gasteiger partial charge is 0.309 e. The van der Waals surface area contributed by atoms with Crippen LogP contribution >= 0.6 is 0 Å². The van der Waals surface area contributed by atoms with Crippen LogP contribution in [0, 0.1) is 0 Å². The van der Waals surface area contributed by atoms with Crippen LogP contribution in [0.15, 0.2) is 194 Å². The standard InChI is InChI=1S/C45H32N4Si/c1-6-18-33(19-7-1)43-46-44(34-20-8-2-9-21-34)48-45(47-43)50(36-24-12-4-13-25-36,37-26-14-5-15-27-37)38-30-31-42-40(32-38)39-28-16-17-29-41(39)49(42)35-22-10-3-11-23-35/h1-32H. The summed E-state index contributed by atoms with van der Waals surface area (Å²) in [5, 5.41) is 6.04. The second kappa shape index (κ2) is 12.5. The van der Waals surface area contributed by atoms with Gasteiger partial charge in [-0.25, -0.2) is 15.0 Å². The number of hydrogen-bond acceptors (Lipinski definition) is 3. The Morgan fingerprint density at radius 3 is 1.38 bits per heavy atom. The van der Waals surface area contributed by atoms with Gasteiger partial charge in [-0.1, -0.05) is 170 Å². The summed E-state index contributed by atoms with van der Waals surface area (Å²) < 4.78 is 2.37. The van der Waals surface area contributed by atoms with Crippen molar-refractivity contribution in [2.24, 2.45) is 0 Å². The zero-order chi connectivity index (χ0) is 33.3. The number of benzene rings is 7. The molecule has 7 aromatic carbocycles. The highest BCUT2D eigenvalue weighted by molar-refractivity contribution is 7.19. The molecule has 0 amide bonds. The van der Waals surface area contributed by atoms with Gasteiger partial charge in [0, 0.05) is 27.6 Å². The molecule has 2 heterocycles. The molecule has 4 nitrogen and oxygen atoms in total. The molecule has 236 valence electrons. The summed E-state index contributed by atoms with van der Waals surface area (Å²) in [6.07, 6.45) is 0. The van der Waals surface area contributed by atoms with Crippen LogP contribution in [-0.4, -0.2) is 27.6 Å². The van der Waals surface area contributed by atoms with Crippen LogP contribution in [0.2, 0.25) is 0 Å². The van der Waals surface area contributed by atoms with Crippen molar-refractivity contribution < 1.29 is 0 Å². The van der Waals surface area contributed by atoms with Crippen LogP contribution in [0.5, 0.6) is 0 Å². The molecule has 0 saturated carbocycles. The Hall–Kier alpha value is -6.43. The van der Waals surface area contributed by atoms with Gasteiger partial charge in [0.2, 0.25) is 8.07 Å². The summed E-state index contributed by atoms with van der Waals surface area (Å²) in [5.41, 5.74) is 6.19. The molecule has 0 unspecified atom stereocenters. The van der Waals surface area contributed by atoms with E-state index in [-0.39, 0.29) is 0 Å². The molecule has 0 spiro atoms. The van der Waals surface area contributed by atoms with Gasteiger partial charge in [-0.2, -0.15) is 0 Å². The molecule has 0 aliphatic carbocycles. The van der Waals surface area contributed by atoms with E-state index in [4.69, 9.17) is 15.0 Å². The summed E-state index contributed by atoms with van der Waals surface area (Å²) in [5.74, 6) is 1.33. The minimum atomic E-state index is -3.17. The highest BCUT2D eigenvalue weighted by Gasteiger charge is 2.45. The fraction of sp³-hybridized carbons (Fsp3) is 0. The predicted molar refractivity (Wildman–Crippen MR) is 209 cm³/mol. The molecule has 5 heteroatoms. The summed E-state index contributed by atoms with van der Waals surface area (Å²) in [6.45, 7) is 0. The predicted octanol–water partition coefficient (Wildman–Crippen LogP) is 7.68. The molecule has 0 atom stereocenters. The van der Waals surface area contributed by atoms with Crippen LogP contribution in [0.1, 0.15) is 0 Å². The minimum Gasteiger partial charge on any atom is -0.309 e. The smallest absolute Gasteiger partial charge is 0.226 e. The number of fused-ring (bicyclic) bond motifs is 3. The normalized spacial score (nSPS) is 11.6. The second-order valence-electron chi connectivity index (χ2n) is 12.4. The first-order chi connectivity index (χ1) is 24.8. The van der Waals surface area contributed by atoms with E-state index in [9.17, 15) is 0 Å². The second-order valence-corrected chi connectivity index (χ2v) is 16.1. The van der Waals surface area contributed by atoms with Crippen LogP contribution in [0.4, 0.5) is 0 Å². The lowest BCUT2D eigenvalue weighted by atomic mass is 10.1. The van der Waals surface area contributed by atoms with Gasteiger partial charge in [0.15, 0.2) is 11.6 Å². The lowest BCUT2D eigenvalue weighted by Gasteiger charge is -2.32. The zero-order valence-electron chi connectivity index (χ0n) is 27.3. The molecule has 0 N–H and O–H groups in total. The van der Waals surface area contributed by atoms with Crippen molar-refractivity contribution in [2.45, 2.75) is 0 Å². The van der Waals surface area contributed by atoms with Gasteiger partial charge in [-0.15, -0.1) is 0 Å².